The van der Waals surface area contributed by atoms with Crippen LogP contribution in [0.15, 0.2) is 124 Å². The molecule has 0 saturated heterocycles. The van der Waals surface area contributed by atoms with E-state index in [1.165, 1.54) is 0 Å². The van der Waals surface area contributed by atoms with Crippen LogP contribution in [0.3, 0.4) is 0 Å². The number of nitrogens with zero attached hydrogens (tertiary/aromatic N) is 1. The van der Waals surface area contributed by atoms with Crippen LogP contribution in [0.1, 0.15) is 25.1 Å². The van der Waals surface area contributed by atoms with Crippen LogP contribution in [0, 0.1) is 6.92 Å². The van der Waals surface area contributed by atoms with Gasteiger partial charge in [-0.3, -0.25) is 4.79 Å². The van der Waals surface area contributed by atoms with Gasteiger partial charge in [0, 0.05) is 29.0 Å². The molecule has 5 nitrogen and oxygen atoms in total. The normalized spacial score (nSPS) is 16.9. The summed E-state index contributed by atoms with van der Waals surface area (Å²) in [7, 11) is 0. The largest absolute Gasteiger partial charge is 0.462 e. The van der Waals surface area contributed by atoms with E-state index < -0.39 is 0 Å². The summed E-state index contributed by atoms with van der Waals surface area (Å²) < 4.78 is 14.3. The van der Waals surface area contributed by atoms with Gasteiger partial charge < -0.3 is 19.4 Å². The molecule has 0 saturated carbocycles. The summed E-state index contributed by atoms with van der Waals surface area (Å²) in [4.78, 5) is 12.4. The van der Waals surface area contributed by atoms with E-state index in [1.807, 2.05) is 92.7 Å². The molecule has 6 rings (SSSR count). The highest BCUT2D eigenvalue weighted by Gasteiger charge is 2.21. The van der Waals surface area contributed by atoms with E-state index in [0.717, 1.165) is 56.5 Å². The van der Waals surface area contributed by atoms with E-state index >= 15 is 0 Å². The maximum absolute atomic E-state index is 12.4. The number of benzene rings is 3. The van der Waals surface area contributed by atoms with Gasteiger partial charge in [0.1, 0.15) is 11.5 Å². The molecule has 4 aliphatic rings. The highest BCUT2D eigenvalue weighted by molar-refractivity contribution is 5.73. The zero-order valence-corrected chi connectivity index (χ0v) is 20.9. The van der Waals surface area contributed by atoms with Crippen molar-refractivity contribution in [3.63, 3.8) is 0 Å². The van der Waals surface area contributed by atoms with E-state index in [1.54, 1.807) is 12.1 Å². The number of hydrogen-bond donors (Lipinski definition) is 1. The Morgan fingerprint density at radius 3 is 2.49 bits per heavy atom. The lowest BCUT2D eigenvalue weighted by molar-refractivity contribution is 0.321. The van der Waals surface area contributed by atoms with Crippen molar-refractivity contribution in [2.24, 2.45) is 0 Å². The Kier molecular flexibility index (Phi) is 5.53. The minimum atomic E-state index is -0.0245. The average molecular weight is 487 g/mol. The van der Waals surface area contributed by atoms with Gasteiger partial charge in [0.2, 0.25) is 5.88 Å². The molecule has 0 amide bonds. The second-order valence-corrected chi connectivity index (χ2v) is 9.28. The molecule has 2 aromatic rings. The Labute approximate surface area is 215 Å². The maximum Gasteiger partial charge on any atom is 0.201 e. The van der Waals surface area contributed by atoms with Gasteiger partial charge in [-0.1, -0.05) is 30.3 Å². The molecule has 0 radical (unpaired) electrons. The highest BCUT2D eigenvalue weighted by Crippen LogP contribution is 2.37. The number of aryl methyl sites for hydroxylation is 1. The molecular weight excluding hydrogens is 460 g/mol. The summed E-state index contributed by atoms with van der Waals surface area (Å²) >= 11 is 0. The average Bonchev–Trinajstić information content (AvgIpc) is 3.33. The number of allylic oxidation sites excluding steroid dienone is 5. The third-order valence-corrected chi connectivity index (χ3v) is 6.62. The van der Waals surface area contributed by atoms with Gasteiger partial charge in [-0.15, -0.1) is 0 Å². The van der Waals surface area contributed by atoms with Crippen LogP contribution >= 0.6 is 0 Å². The minimum Gasteiger partial charge on any atom is -0.462 e. The summed E-state index contributed by atoms with van der Waals surface area (Å²) in [6.45, 7) is 6.04. The molecule has 0 fully saturated rings. The molecule has 0 spiro atoms. The van der Waals surface area contributed by atoms with Crippen LogP contribution in [-0.2, 0) is 4.74 Å². The van der Waals surface area contributed by atoms with Crippen molar-refractivity contribution in [1.82, 2.24) is 4.57 Å². The van der Waals surface area contributed by atoms with Crippen LogP contribution in [0.2, 0.25) is 0 Å². The van der Waals surface area contributed by atoms with Crippen LogP contribution in [0.4, 0.5) is 5.69 Å². The molecular formula is C32H26N2O3. The molecule has 3 aliphatic heterocycles. The quantitative estimate of drug-likeness (QED) is 0.333. The standard InChI is InChI=1S/C32H26N2O3/c1-20-15-25(34(24-9-5-4-6-10-24)30-19-26(35)13-14-28(20)30)18-27-17-23(16-21(2)36-27)22(3)32-33-29-11-7-8-12-31(29)37-32/h4-19,33H,1-3H3. The lowest BCUT2D eigenvalue weighted by Gasteiger charge is -2.22. The summed E-state index contributed by atoms with van der Waals surface area (Å²) in [6, 6.07) is 25.3. The van der Waals surface area contributed by atoms with E-state index in [-0.39, 0.29) is 5.43 Å². The second kappa shape index (κ2) is 9.03. The van der Waals surface area contributed by atoms with Gasteiger partial charge in [0.15, 0.2) is 11.2 Å². The molecule has 1 aliphatic carbocycles. The zero-order chi connectivity index (χ0) is 25.5. The molecule has 0 aromatic heterocycles. The van der Waals surface area contributed by atoms with Crippen molar-refractivity contribution in [2.45, 2.75) is 20.8 Å². The summed E-state index contributed by atoms with van der Waals surface area (Å²) in [6.07, 6.45) is 6.04. The molecule has 0 bridgehead atoms. The molecule has 0 atom stereocenters. The fraction of sp³-hybridized carbons (Fsp3) is 0.0938. The number of rotatable bonds is 3. The molecule has 0 unspecified atom stereocenters. The number of ether oxygens (including phenoxy) is 2. The Balaban J connectivity index is 1.48. The monoisotopic (exact) mass is 486 g/mol. The number of anilines is 1. The molecule has 5 heteroatoms. The number of aromatic nitrogens is 1. The zero-order valence-electron chi connectivity index (χ0n) is 20.9. The van der Waals surface area contributed by atoms with Crippen LogP contribution in [0.25, 0.3) is 23.0 Å². The lowest BCUT2D eigenvalue weighted by Crippen LogP contribution is -2.11. The predicted octanol–water partition coefficient (Wildman–Crippen LogP) is 7.19. The van der Waals surface area contributed by atoms with Crippen molar-refractivity contribution in [2.75, 3.05) is 5.32 Å². The third kappa shape index (κ3) is 4.25. The lowest BCUT2D eigenvalue weighted by atomic mass is 10.00. The van der Waals surface area contributed by atoms with E-state index in [2.05, 4.69) is 22.9 Å². The fourth-order valence-corrected chi connectivity index (χ4v) is 4.81. The Morgan fingerprint density at radius 2 is 1.68 bits per heavy atom. The topological polar surface area (TPSA) is 52.5 Å². The first kappa shape index (κ1) is 22.7. The predicted molar refractivity (Wildman–Crippen MR) is 148 cm³/mol. The summed E-state index contributed by atoms with van der Waals surface area (Å²) in [5, 5.41) is 3.37. The Bertz CT molecular complexity index is 1660. The maximum atomic E-state index is 12.4. The molecule has 1 N–H and O–H groups in total. The number of hydrogen-bond acceptors (Lipinski definition) is 4. The fourth-order valence-electron chi connectivity index (χ4n) is 4.81. The van der Waals surface area contributed by atoms with Gasteiger partial charge in [-0.25, -0.2) is 0 Å². The number of fused-ring (bicyclic) bond motifs is 2. The number of nitrogens with one attached hydrogen (secondary N) is 1. The van der Waals surface area contributed by atoms with Gasteiger partial charge >= 0.3 is 0 Å². The Hall–Kier alpha value is -4.77. The molecule has 2 aromatic carbocycles. The smallest absolute Gasteiger partial charge is 0.201 e. The summed E-state index contributed by atoms with van der Waals surface area (Å²) in [5.74, 6) is 3.01. The minimum absolute atomic E-state index is 0.0245. The van der Waals surface area contributed by atoms with Crippen LogP contribution in [0.5, 0.6) is 5.75 Å². The van der Waals surface area contributed by atoms with E-state index in [4.69, 9.17) is 9.47 Å². The van der Waals surface area contributed by atoms with E-state index in [0.29, 0.717) is 11.6 Å². The number of para-hydroxylation sites is 3. The highest BCUT2D eigenvalue weighted by atomic mass is 16.5. The van der Waals surface area contributed by atoms with Gasteiger partial charge in [-0.05, 0) is 86.5 Å². The first-order valence-corrected chi connectivity index (χ1v) is 12.2. The van der Waals surface area contributed by atoms with Crippen molar-refractivity contribution in [3.05, 3.63) is 141 Å². The van der Waals surface area contributed by atoms with Crippen LogP contribution < -0.4 is 15.5 Å². The van der Waals surface area contributed by atoms with Crippen molar-refractivity contribution >= 4 is 11.8 Å². The van der Waals surface area contributed by atoms with Crippen molar-refractivity contribution in [1.29, 1.82) is 0 Å². The SMILES string of the molecule is CC1=CC(C(C)=C2Nc3ccccc3O2)=CC(=Cc2cc(C)c3ccc(=O)cc-3n2-c2ccccc2)O1. The molecule has 37 heavy (non-hydrogen) atoms. The summed E-state index contributed by atoms with van der Waals surface area (Å²) in [5.41, 5.74) is 7.76. The van der Waals surface area contributed by atoms with E-state index in [9.17, 15) is 4.79 Å². The van der Waals surface area contributed by atoms with Crippen molar-refractivity contribution in [3.8, 4) is 22.7 Å². The third-order valence-electron chi connectivity index (χ3n) is 6.62. The van der Waals surface area contributed by atoms with Crippen LogP contribution in [-0.4, -0.2) is 4.57 Å². The van der Waals surface area contributed by atoms with Gasteiger partial charge in [-0.2, -0.15) is 0 Å². The van der Waals surface area contributed by atoms with Gasteiger partial charge in [0.05, 0.1) is 17.1 Å². The first-order valence-electron chi connectivity index (χ1n) is 12.2. The molecule has 182 valence electrons. The second-order valence-electron chi connectivity index (χ2n) is 9.28. The Morgan fingerprint density at radius 1 is 0.892 bits per heavy atom. The number of pyridine rings is 1. The first-order chi connectivity index (χ1) is 18.0. The molecule has 3 heterocycles. The van der Waals surface area contributed by atoms with Crippen molar-refractivity contribution < 1.29 is 9.47 Å². The van der Waals surface area contributed by atoms with Gasteiger partial charge in [0.25, 0.3) is 0 Å².